The first-order chi connectivity index (χ1) is 9.08. The summed E-state index contributed by atoms with van der Waals surface area (Å²) in [6, 6.07) is 15.0. The molecule has 0 aliphatic heterocycles. The van der Waals surface area contributed by atoms with Crippen molar-refractivity contribution in [1.82, 2.24) is 0 Å². The zero-order valence-corrected chi connectivity index (χ0v) is 11.3. The molecule has 0 spiro atoms. The summed E-state index contributed by atoms with van der Waals surface area (Å²) in [5.74, 6) is -0.228. The monoisotopic (exact) mass is 258 g/mol. The van der Waals surface area contributed by atoms with Gasteiger partial charge in [0.25, 0.3) is 0 Å². The molecule has 19 heavy (non-hydrogen) atoms. The molecule has 2 aromatic carbocycles. The van der Waals surface area contributed by atoms with Gasteiger partial charge in [0.2, 0.25) is 0 Å². The van der Waals surface area contributed by atoms with Gasteiger partial charge >= 0.3 is 0 Å². The fraction of sp³-hybridized carbons (Fsp3) is 0.250. The van der Waals surface area contributed by atoms with E-state index in [1.165, 1.54) is 6.07 Å². The summed E-state index contributed by atoms with van der Waals surface area (Å²) in [6.45, 7) is 2.53. The number of hydrogen-bond acceptors (Lipinski definition) is 2. The van der Waals surface area contributed by atoms with Crippen LogP contribution in [0.3, 0.4) is 0 Å². The summed E-state index contributed by atoms with van der Waals surface area (Å²) in [5.41, 5.74) is 8.31. The quantitative estimate of drug-likeness (QED) is 0.909. The number of nitrogens with two attached hydrogens (primary N) is 1. The lowest BCUT2D eigenvalue weighted by molar-refractivity contribution is 0.617. The normalized spacial score (nSPS) is 12.2. The van der Waals surface area contributed by atoms with Gasteiger partial charge in [0.05, 0.1) is 5.69 Å². The fourth-order valence-corrected chi connectivity index (χ4v) is 2.06. The van der Waals surface area contributed by atoms with Crippen LogP contribution in [-0.4, -0.2) is 7.05 Å². The second kappa shape index (κ2) is 5.85. The highest BCUT2D eigenvalue weighted by Crippen LogP contribution is 2.23. The Morgan fingerprint density at radius 3 is 2.42 bits per heavy atom. The summed E-state index contributed by atoms with van der Waals surface area (Å²) in [6.07, 6.45) is 0. The highest BCUT2D eigenvalue weighted by atomic mass is 19.1. The molecule has 0 fully saturated rings. The van der Waals surface area contributed by atoms with Crippen LogP contribution >= 0.6 is 0 Å². The van der Waals surface area contributed by atoms with Crippen molar-refractivity contribution >= 4 is 5.69 Å². The topological polar surface area (TPSA) is 29.3 Å². The van der Waals surface area contributed by atoms with Crippen LogP contribution in [-0.2, 0) is 6.54 Å². The van der Waals surface area contributed by atoms with Gasteiger partial charge in [-0.2, -0.15) is 0 Å². The number of rotatable bonds is 4. The minimum absolute atomic E-state index is 0.150. The van der Waals surface area contributed by atoms with E-state index in [2.05, 4.69) is 0 Å². The van der Waals surface area contributed by atoms with E-state index in [0.717, 1.165) is 11.1 Å². The molecule has 0 aromatic heterocycles. The Labute approximate surface area is 113 Å². The van der Waals surface area contributed by atoms with Crippen molar-refractivity contribution in [2.45, 2.75) is 19.5 Å². The van der Waals surface area contributed by atoms with Crippen LogP contribution in [0.1, 0.15) is 24.1 Å². The summed E-state index contributed by atoms with van der Waals surface area (Å²) < 4.78 is 14.1. The van der Waals surface area contributed by atoms with E-state index in [-0.39, 0.29) is 11.9 Å². The number of hydrogen-bond donors (Lipinski definition) is 1. The largest absolute Gasteiger partial charge is 0.368 e. The average Bonchev–Trinajstić information content (AvgIpc) is 2.39. The van der Waals surface area contributed by atoms with E-state index in [1.807, 2.05) is 55.3 Å². The average molecular weight is 258 g/mol. The van der Waals surface area contributed by atoms with Gasteiger partial charge in [-0.1, -0.05) is 36.4 Å². The van der Waals surface area contributed by atoms with Crippen molar-refractivity contribution in [3.05, 3.63) is 65.5 Å². The maximum absolute atomic E-state index is 14.1. The standard InChI is InChI=1S/C16H19FN2/c1-12(18)14-8-9-16(15(17)10-14)19(2)11-13-6-4-3-5-7-13/h3-10,12H,11,18H2,1-2H3/t12-/m1/s1. The summed E-state index contributed by atoms with van der Waals surface area (Å²) >= 11 is 0. The van der Waals surface area contributed by atoms with Crippen LogP contribution < -0.4 is 10.6 Å². The van der Waals surface area contributed by atoms with Crippen LogP contribution in [0.25, 0.3) is 0 Å². The van der Waals surface area contributed by atoms with Crippen molar-refractivity contribution in [2.24, 2.45) is 5.73 Å². The molecule has 0 aliphatic carbocycles. The third-order valence-electron chi connectivity index (χ3n) is 3.17. The van der Waals surface area contributed by atoms with E-state index in [0.29, 0.717) is 12.2 Å². The predicted octanol–water partition coefficient (Wildman–Crippen LogP) is 3.48. The van der Waals surface area contributed by atoms with E-state index in [4.69, 9.17) is 5.73 Å². The molecule has 2 rings (SSSR count). The molecular formula is C16H19FN2. The van der Waals surface area contributed by atoms with E-state index in [1.54, 1.807) is 6.07 Å². The van der Waals surface area contributed by atoms with Crippen molar-refractivity contribution in [3.63, 3.8) is 0 Å². The van der Waals surface area contributed by atoms with Gasteiger partial charge in [-0.25, -0.2) is 4.39 Å². The maximum Gasteiger partial charge on any atom is 0.146 e. The van der Waals surface area contributed by atoms with Crippen LogP contribution in [0.15, 0.2) is 48.5 Å². The maximum atomic E-state index is 14.1. The van der Waals surface area contributed by atoms with E-state index >= 15 is 0 Å². The first kappa shape index (κ1) is 13.6. The molecule has 1 atom stereocenters. The number of benzene rings is 2. The van der Waals surface area contributed by atoms with E-state index in [9.17, 15) is 4.39 Å². The lowest BCUT2D eigenvalue weighted by Gasteiger charge is -2.21. The Morgan fingerprint density at radius 2 is 1.84 bits per heavy atom. The third-order valence-corrected chi connectivity index (χ3v) is 3.17. The lowest BCUT2D eigenvalue weighted by atomic mass is 10.1. The molecule has 0 bridgehead atoms. The molecule has 0 amide bonds. The fourth-order valence-electron chi connectivity index (χ4n) is 2.06. The summed E-state index contributed by atoms with van der Waals surface area (Å²) in [4.78, 5) is 1.90. The molecule has 100 valence electrons. The number of halogens is 1. The lowest BCUT2D eigenvalue weighted by Crippen LogP contribution is -2.18. The van der Waals surface area contributed by atoms with Gasteiger partial charge in [0.1, 0.15) is 5.82 Å². The smallest absolute Gasteiger partial charge is 0.146 e. The van der Waals surface area contributed by atoms with Gasteiger partial charge in [-0.3, -0.25) is 0 Å². The zero-order valence-electron chi connectivity index (χ0n) is 11.3. The second-order valence-corrected chi connectivity index (χ2v) is 4.84. The Balaban J connectivity index is 2.17. The van der Waals surface area contributed by atoms with Crippen LogP contribution in [0.5, 0.6) is 0 Å². The molecular weight excluding hydrogens is 239 g/mol. The molecule has 2 N–H and O–H groups in total. The Bertz CT molecular complexity index is 538. The molecule has 0 saturated heterocycles. The SMILES string of the molecule is C[C@@H](N)c1ccc(N(C)Cc2ccccc2)c(F)c1. The summed E-state index contributed by atoms with van der Waals surface area (Å²) in [7, 11) is 1.89. The summed E-state index contributed by atoms with van der Waals surface area (Å²) in [5, 5.41) is 0. The zero-order chi connectivity index (χ0) is 13.8. The van der Waals surface area contributed by atoms with Crippen LogP contribution in [0.4, 0.5) is 10.1 Å². The van der Waals surface area contributed by atoms with Crippen molar-refractivity contribution in [3.8, 4) is 0 Å². The molecule has 0 aliphatic rings. The number of nitrogens with zero attached hydrogens (tertiary/aromatic N) is 1. The van der Waals surface area contributed by atoms with Gasteiger partial charge in [0, 0.05) is 19.6 Å². The van der Waals surface area contributed by atoms with Crippen LogP contribution in [0, 0.1) is 5.82 Å². The highest BCUT2D eigenvalue weighted by Gasteiger charge is 2.10. The third kappa shape index (κ3) is 3.32. The van der Waals surface area contributed by atoms with Gasteiger partial charge in [-0.15, -0.1) is 0 Å². The molecule has 0 saturated carbocycles. The first-order valence-corrected chi connectivity index (χ1v) is 6.38. The minimum atomic E-state index is -0.228. The molecule has 0 unspecified atom stereocenters. The van der Waals surface area contributed by atoms with Crippen LogP contribution in [0.2, 0.25) is 0 Å². The number of anilines is 1. The van der Waals surface area contributed by atoms with Crippen molar-refractivity contribution in [1.29, 1.82) is 0 Å². The minimum Gasteiger partial charge on any atom is -0.368 e. The molecule has 3 heteroatoms. The molecule has 0 radical (unpaired) electrons. The van der Waals surface area contributed by atoms with Crippen molar-refractivity contribution in [2.75, 3.05) is 11.9 Å². The van der Waals surface area contributed by atoms with Gasteiger partial charge in [-0.05, 0) is 30.2 Å². The second-order valence-electron chi connectivity index (χ2n) is 4.84. The molecule has 2 aromatic rings. The van der Waals surface area contributed by atoms with Gasteiger partial charge in [0.15, 0.2) is 0 Å². The molecule has 0 heterocycles. The highest BCUT2D eigenvalue weighted by molar-refractivity contribution is 5.49. The Morgan fingerprint density at radius 1 is 1.16 bits per heavy atom. The Hall–Kier alpha value is -1.87. The van der Waals surface area contributed by atoms with E-state index < -0.39 is 0 Å². The molecule has 2 nitrogen and oxygen atoms in total. The first-order valence-electron chi connectivity index (χ1n) is 6.38. The van der Waals surface area contributed by atoms with Crippen molar-refractivity contribution < 1.29 is 4.39 Å². The predicted molar refractivity (Wildman–Crippen MR) is 77.6 cm³/mol. The van der Waals surface area contributed by atoms with Gasteiger partial charge < -0.3 is 10.6 Å². The Kier molecular flexibility index (Phi) is 4.17.